The first-order chi connectivity index (χ1) is 16.4. The molecule has 0 aromatic heterocycles. The number of hydrogen-bond donors (Lipinski definition) is 0. The fraction of sp³-hybridized carbons (Fsp3) is 0.308. The second-order valence-corrected chi connectivity index (χ2v) is 10.6. The normalized spacial score (nSPS) is 16.5. The molecule has 0 unspecified atom stereocenters. The van der Waals surface area contributed by atoms with Crippen molar-refractivity contribution in [3.63, 3.8) is 0 Å². The van der Waals surface area contributed by atoms with E-state index in [4.69, 9.17) is 9.47 Å². The molecular formula is C26H27FN2O4S. The van der Waals surface area contributed by atoms with Gasteiger partial charge in [0.15, 0.2) is 11.5 Å². The van der Waals surface area contributed by atoms with Crippen molar-refractivity contribution in [2.45, 2.75) is 37.2 Å². The van der Waals surface area contributed by atoms with Crippen molar-refractivity contribution in [1.82, 2.24) is 4.90 Å². The lowest BCUT2D eigenvalue weighted by molar-refractivity contribution is 0.174. The van der Waals surface area contributed by atoms with Gasteiger partial charge < -0.3 is 9.47 Å². The Morgan fingerprint density at radius 3 is 2.44 bits per heavy atom. The van der Waals surface area contributed by atoms with Crippen LogP contribution in [0.15, 0.2) is 71.6 Å². The zero-order valence-corrected chi connectivity index (χ0v) is 19.8. The maximum atomic E-state index is 13.9. The summed E-state index contributed by atoms with van der Waals surface area (Å²) in [5, 5.41) is 0. The molecule has 3 aromatic rings. The van der Waals surface area contributed by atoms with Gasteiger partial charge in [0, 0.05) is 31.7 Å². The van der Waals surface area contributed by atoms with Gasteiger partial charge in [-0.2, -0.15) is 0 Å². The van der Waals surface area contributed by atoms with Crippen LogP contribution in [0.2, 0.25) is 0 Å². The quantitative estimate of drug-likeness (QED) is 0.509. The van der Waals surface area contributed by atoms with Gasteiger partial charge in [-0.25, -0.2) is 12.8 Å². The highest BCUT2D eigenvalue weighted by Gasteiger charge is 2.35. The van der Waals surface area contributed by atoms with Gasteiger partial charge in [-0.05, 0) is 67.3 Å². The highest BCUT2D eigenvalue weighted by molar-refractivity contribution is 7.92. The van der Waals surface area contributed by atoms with Gasteiger partial charge >= 0.3 is 0 Å². The lowest BCUT2D eigenvalue weighted by atomic mass is 10.0. The van der Waals surface area contributed by atoms with Crippen LogP contribution in [0.25, 0.3) is 0 Å². The fourth-order valence-corrected chi connectivity index (χ4v) is 6.42. The van der Waals surface area contributed by atoms with Gasteiger partial charge in [0.25, 0.3) is 10.0 Å². The number of likely N-dealkylation sites (tertiary alicyclic amines) is 1. The largest absolute Gasteiger partial charge is 0.454 e. The van der Waals surface area contributed by atoms with E-state index in [9.17, 15) is 12.8 Å². The summed E-state index contributed by atoms with van der Waals surface area (Å²) in [6.45, 7) is 4.21. The Balaban J connectivity index is 1.42. The summed E-state index contributed by atoms with van der Waals surface area (Å²) >= 11 is 0. The summed E-state index contributed by atoms with van der Waals surface area (Å²) in [5.41, 5.74) is 2.50. The Hall–Kier alpha value is -3.10. The Morgan fingerprint density at radius 1 is 0.971 bits per heavy atom. The maximum absolute atomic E-state index is 13.9. The van der Waals surface area contributed by atoms with E-state index in [0.29, 0.717) is 36.6 Å². The third-order valence-corrected chi connectivity index (χ3v) is 8.24. The van der Waals surface area contributed by atoms with E-state index < -0.39 is 10.0 Å². The van der Waals surface area contributed by atoms with Gasteiger partial charge in [0.2, 0.25) is 6.79 Å². The molecule has 0 radical (unpaired) electrons. The Labute approximate surface area is 199 Å². The predicted octanol–water partition coefficient (Wildman–Crippen LogP) is 4.72. The molecule has 2 aliphatic heterocycles. The number of ether oxygens (including phenoxy) is 2. The van der Waals surface area contributed by atoms with Crippen molar-refractivity contribution in [2.75, 3.05) is 24.2 Å². The van der Waals surface area contributed by atoms with E-state index in [1.54, 1.807) is 52.8 Å². The van der Waals surface area contributed by atoms with Gasteiger partial charge in [-0.3, -0.25) is 9.21 Å². The number of rotatable bonds is 6. The van der Waals surface area contributed by atoms with Crippen LogP contribution in [-0.4, -0.2) is 39.2 Å². The molecule has 2 aliphatic rings. The van der Waals surface area contributed by atoms with Crippen molar-refractivity contribution < 1.29 is 22.3 Å². The number of piperidine rings is 1. The fourth-order valence-electron chi connectivity index (χ4n) is 4.62. The Morgan fingerprint density at radius 2 is 1.71 bits per heavy atom. The van der Waals surface area contributed by atoms with Crippen molar-refractivity contribution in [3.05, 3.63) is 83.7 Å². The minimum absolute atomic E-state index is 0.130. The number of sulfonamides is 1. The van der Waals surface area contributed by atoms with Gasteiger partial charge in [-0.15, -0.1) is 0 Å². The Bertz CT molecular complexity index is 1270. The molecule has 0 spiro atoms. The van der Waals surface area contributed by atoms with Crippen molar-refractivity contribution >= 4 is 15.7 Å². The van der Waals surface area contributed by atoms with Crippen LogP contribution in [-0.2, 0) is 16.6 Å². The highest BCUT2D eigenvalue weighted by atomic mass is 32.2. The number of aryl methyl sites for hydroxylation is 1. The van der Waals surface area contributed by atoms with Crippen molar-refractivity contribution in [3.8, 4) is 11.5 Å². The number of hydrogen-bond acceptors (Lipinski definition) is 5. The predicted molar refractivity (Wildman–Crippen MR) is 128 cm³/mol. The lowest BCUT2D eigenvalue weighted by Gasteiger charge is -2.39. The van der Waals surface area contributed by atoms with E-state index in [-0.39, 0.29) is 23.5 Å². The van der Waals surface area contributed by atoms with Crippen LogP contribution in [0.3, 0.4) is 0 Å². The highest BCUT2D eigenvalue weighted by Crippen LogP contribution is 2.39. The molecule has 0 aliphatic carbocycles. The molecule has 3 aromatic carbocycles. The van der Waals surface area contributed by atoms with Crippen LogP contribution in [0, 0.1) is 12.7 Å². The number of nitrogens with zero attached hydrogens (tertiary/aromatic N) is 2. The summed E-state index contributed by atoms with van der Waals surface area (Å²) in [7, 11) is -3.80. The summed E-state index contributed by atoms with van der Waals surface area (Å²) in [6, 6.07) is 18.6. The Kier molecular flexibility index (Phi) is 6.18. The van der Waals surface area contributed by atoms with E-state index in [1.165, 1.54) is 12.1 Å². The molecule has 0 amide bonds. The maximum Gasteiger partial charge on any atom is 0.264 e. The molecule has 2 heterocycles. The van der Waals surface area contributed by atoms with E-state index >= 15 is 0 Å². The molecule has 6 nitrogen and oxygen atoms in total. The summed E-state index contributed by atoms with van der Waals surface area (Å²) in [5.74, 6) is 0.921. The minimum Gasteiger partial charge on any atom is -0.454 e. The van der Waals surface area contributed by atoms with Gasteiger partial charge in [-0.1, -0.05) is 24.3 Å². The number of fused-ring (bicyclic) bond motifs is 1. The molecule has 34 heavy (non-hydrogen) atoms. The lowest BCUT2D eigenvalue weighted by Crippen LogP contribution is -2.47. The molecule has 0 bridgehead atoms. The standard InChI is InChI=1S/C26H27FN2O4S/c1-19-3-2-4-24(15-19)34(30,31)29(23-9-10-25-26(16-23)33-18-32-25)22-11-13-28(14-12-22)17-20-5-7-21(27)8-6-20/h2-10,15-16,22H,11-14,17-18H2,1H3. The first kappa shape index (κ1) is 22.7. The third-order valence-electron chi connectivity index (χ3n) is 6.37. The van der Waals surface area contributed by atoms with E-state index in [1.807, 2.05) is 13.0 Å². The van der Waals surface area contributed by atoms with Crippen LogP contribution < -0.4 is 13.8 Å². The number of benzene rings is 3. The molecule has 0 atom stereocenters. The van der Waals surface area contributed by atoms with Crippen molar-refractivity contribution in [1.29, 1.82) is 0 Å². The zero-order chi connectivity index (χ0) is 23.7. The number of halogens is 1. The molecular weight excluding hydrogens is 455 g/mol. The van der Waals surface area contributed by atoms with Gasteiger partial charge in [0.1, 0.15) is 5.82 Å². The molecule has 1 saturated heterocycles. The molecule has 5 rings (SSSR count). The molecule has 178 valence electrons. The third kappa shape index (κ3) is 4.60. The van der Waals surface area contributed by atoms with Crippen LogP contribution in [0.4, 0.5) is 10.1 Å². The minimum atomic E-state index is -3.80. The zero-order valence-electron chi connectivity index (χ0n) is 19.0. The van der Waals surface area contributed by atoms with Crippen molar-refractivity contribution in [2.24, 2.45) is 0 Å². The smallest absolute Gasteiger partial charge is 0.264 e. The number of anilines is 1. The SMILES string of the molecule is Cc1cccc(S(=O)(=O)N(c2ccc3c(c2)OCO3)C2CCN(Cc3ccc(F)cc3)CC2)c1. The monoisotopic (exact) mass is 482 g/mol. The summed E-state index contributed by atoms with van der Waals surface area (Å²) < 4.78 is 53.5. The molecule has 0 saturated carbocycles. The first-order valence-electron chi connectivity index (χ1n) is 11.4. The van der Waals surface area contributed by atoms with Crippen LogP contribution in [0.5, 0.6) is 11.5 Å². The average molecular weight is 483 g/mol. The second kappa shape index (κ2) is 9.27. The van der Waals surface area contributed by atoms with Crippen LogP contribution in [0.1, 0.15) is 24.0 Å². The summed E-state index contributed by atoms with van der Waals surface area (Å²) in [4.78, 5) is 2.56. The average Bonchev–Trinajstić information content (AvgIpc) is 3.30. The second-order valence-electron chi connectivity index (χ2n) is 8.79. The molecule has 1 fully saturated rings. The van der Waals surface area contributed by atoms with E-state index in [0.717, 1.165) is 24.2 Å². The van der Waals surface area contributed by atoms with Crippen LogP contribution >= 0.6 is 0 Å². The topological polar surface area (TPSA) is 59.1 Å². The molecule has 8 heteroatoms. The van der Waals surface area contributed by atoms with E-state index in [2.05, 4.69) is 4.90 Å². The van der Waals surface area contributed by atoms with Gasteiger partial charge in [0.05, 0.1) is 10.6 Å². The first-order valence-corrected chi connectivity index (χ1v) is 12.8. The molecule has 0 N–H and O–H groups in total. The summed E-state index contributed by atoms with van der Waals surface area (Å²) in [6.07, 6.45) is 1.36.